The minimum Gasteiger partial charge on any atom is -0.399 e. The van der Waals surface area contributed by atoms with E-state index in [1.165, 1.54) is 27.4 Å². The number of nitrogens with zero attached hydrogens (tertiary/aromatic N) is 5. The zero-order valence-corrected chi connectivity index (χ0v) is 29.5. The molecule has 10 heteroatoms. The summed E-state index contributed by atoms with van der Waals surface area (Å²) in [7, 11) is 3.60. The Bertz CT molecular complexity index is 1840. The molecule has 3 aromatic carbocycles. The van der Waals surface area contributed by atoms with E-state index in [2.05, 4.69) is 130 Å². The van der Waals surface area contributed by atoms with Gasteiger partial charge in [0.2, 0.25) is 0 Å². The second-order valence-electron chi connectivity index (χ2n) is 12.1. The van der Waals surface area contributed by atoms with Gasteiger partial charge in [-0.3, -0.25) is 14.4 Å². The normalized spacial score (nSPS) is 16.4. The Kier molecular flexibility index (Phi) is 8.79. The molecular weight excluding hydrogens is 669 g/mol. The predicted molar refractivity (Wildman–Crippen MR) is 184 cm³/mol. The highest BCUT2D eigenvalue weighted by atomic mass is 79.9. The number of aromatic nitrogens is 4. The van der Waals surface area contributed by atoms with Gasteiger partial charge in [0, 0.05) is 45.1 Å². The van der Waals surface area contributed by atoms with Crippen LogP contribution in [0.4, 0.5) is 0 Å². The number of aliphatic imine (C=N–C) groups is 1. The Morgan fingerprint density at radius 2 is 1.23 bits per heavy atom. The molecule has 224 valence electrons. The van der Waals surface area contributed by atoms with Crippen LogP contribution >= 0.6 is 31.9 Å². The summed E-state index contributed by atoms with van der Waals surface area (Å²) >= 11 is 6.87. The highest BCUT2D eigenvalue weighted by molar-refractivity contribution is 9.10. The minimum atomic E-state index is -0.320. The maximum Gasteiger partial charge on any atom is 0.494 e. The van der Waals surface area contributed by atoms with E-state index in [4.69, 9.17) is 9.31 Å². The van der Waals surface area contributed by atoms with Crippen molar-refractivity contribution in [3.63, 3.8) is 0 Å². The van der Waals surface area contributed by atoms with Crippen molar-refractivity contribution in [2.45, 2.75) is 66.2 Å². The number of aryl methyl sites for hydroxylation is 4. The Hall–Kier alpha value is -2.79. The quantitative estimate of drug-likeness (QED) is 0.169. The van der Waals surface area contributed by atoms with Crippen molar-refractivity contribution in [1.29, 1.82) is 0 Å². The van der Waals surface area contributed by atoms with Gasteiger partial charge < -0.3 is 9.31 Å². The average molecular weight is 707 g/mol. The van der Waals surface area contributed by atoms with Crippen LogP contribution in [0, 0.1) is 13.8 Å². The molecule has 0 amide bonds. The van der Waals surface area contributed by atoms with Crippen molar-refractivity contribution in [3.8, 4) is 0 Å². The average Bonchev–Trinajstić information content (AvgIpc) is 3.61. The highest BCUT2D eigenvalue weighted by Crippen LogP contribution is 2.36. The largest absolute Gasteiger partial charge is 0.494 e. The molecule has 0 spiro atoms. The van der Waals surface area contributed by atoms with Crippen LogP contribution in [-0.4, -0.2) is 43.6 Å². The first-order valence-corrected chi connectivity index (χ1v) is 15.9. The summed E-state index contributed by atoms with van der Waals surface area (Å²) in [6.07, 6.45) is 0. The third kappa shape index (κ3) is 6.39. The second-order valence-corrected chi connectivity index (χ2v) is 14.0. The van der Waals surface area contributed by atoms with Gasteiger partial charge in [-0.2, -0.15) is 10.2 Å². The SMILES string of the molecule is CC1=NCc2cc(Br)ccc21.Cc1nn(C)c2cc(B3OC(C)(C)C(C)(C)O3)ccc12.Cc1nn(C)c2cc(Br)ccc12. The monoisotopic (exact) mass is 705 g/mol. The molecule has 43 heavy (non-hydrogen) atoms. The minimum absolute atomic E-state index is 0.311. The number of hydrogen-bond donors (Lipinski definition) is 0. The van der Waals surface area contributed by atoms with Crippen molar-refractivity contribution in [2.24, 2.45) is 19.1 Å². The Labute approximate surface area is 271 Å². The summed E-state index contributed by atoms with van der Waals surface area (Å²) < 4.78 is 18.2. The Morgan fingerprint density at radius 3 is 1.84 bits per heavy atom. The molecule has 0 bridgehead atoms. The molecule has 0 aliphatic carbocycles. The molecule has 0 N–H and O–H groups in total. The van der Waals surface area contributed by atoms with Crippen molar-refractivity contribution in [2.75, 3.05) is 0 Å². The second kappa shape index (κ2) is 12.0. The molecule has 1 fully saturated rings. The van der Waals surface area contributed by atoms with Gasteiger partial charge in [0.25, 0.3) is 0 Å². The fraction of sp³-hybridized carbons (Fsp3) is 0.364. The van der Waals surface area contributed by atoms with Crippen LogP contribution in [0.3, 0.4) is 0 Å². The molecule has 2 aromatic heterocycles. The summed E-state index contributed by atoms with van der Waals surface area (Å²) in [4.78, 5) is 4.34. The molecule has 2 aliphatic heterocycles. The van der Waals surface area contributed by atoms with Crippen LogP contribution in [0.25, 0.3) is 21.8 Å². The molecule has 4 heterocycles. The highest BCUT2D eigenvalue weighted by Gasteiger charge is 2.51. The Morgan fingerprint density at radius 1 is 0.721 bits per heavy atom. The van der Waals surface area contributed by atoms with E-state index in [9.17, 15) is 0 Å². The van der Waals surface area contributed by atoms with Crippen LogP contribution in [0.1, 0.15) is 57.1 Å². The fourth-order valence-corrected chi connectivity index (χ4v) is 6.08. The lowest BCUT2D eigenvalue weighted by Gasteiger charge is -2.32. The lowest BCUT2D eigenvalue weighted by Crippen LogP contribution is -2.41. The van der Waals surface area contributed by atoms with E-state index < -0.39 is 0 Å². The van der Waals surface area contributed by atoms with Gasteiger partial charge in [-0.25, -0.2) is 0 Å². The molecule has 5 aromatic rings. The smallest absolute Gasteiger partial charge is 0.399 e. The maximum atomic E-state index is 6.09. The molecule has 0 unspecified atom stereocenters. The van der Waals surface area contributed by atoms with E-state index in [0.717, 1.165) is 43.6 Å². The predicted octanol–water partition coefficient (Wildman–Crippen LogP) is 7.60. The number of benzene rings is 3. The zero-order valence-electron chi connectivity index (χ0n) is 26.3. The van der Waals surface area contributed by atoms with Gasteiger partial charge in [-0.1, -0.05) is 50.1 Å². The third-order valence-electron chi connectivity index (χ3n) is 8.53. The standard InChI is InChI=1S/C15H21BN2O2.C9H9BrN2.C9H8BrN/c1-10-12-8-7-11(9-13(12)18(6)17-10)16-19-14(2,3)15(4,5)20-16;1-6-8-4-3-7(10)5-9(8)12(2)11-6;1-6-9-3-2-8(10)4-7(9)5-11-6/h7-9H,1-6H3;3-5H,1-2H3;2-4H,5H2,1H3. The summed E-state index contributed by atoms with van der Waals surface area (Å²) in [5.41, 5.74) is 8.61. The van der Waals surface area contributed by atoms with Gasteiger partial charge in [-0.05, 0) is 95.9 Å². The lowest BCUT2D eigenvalue weighted by atomic mass is 9.79. The zero-order chi connectivity index (χ0) is 31.3. The third-order valence-corrected chi connectivity index (χ3v) is 9.51. The number of hydrogen-bond acceptors (Lipinski definition) is 5. The molecule has 7 rings (SSSR count). The van der Waals surface area contributed by atoms with E-state index in [1.54, 1.807) is 0 Å². The van der Waals surface area contributed by atoms with Crippen LogP contribution in [0.15, 0.2) is 68.5 Å². The number of halogens is 2. The van der Waals surface area contributed by atoms with E-state index in [-0.39, 0.29) is 18.3 Å². The first-order valence-electron chi connectivity index (χ1n) is 14.3. The van der Waals surface area contributed by atoms with Crippen LogP contribution in [0.5, 0.6) is 0 Å². The van der Waals surface area contributed by atoms with Crippen LogP contribution in [-0.2, 0) is 29.9 Å². The van der Waals surface area contributed by atoms with Gasteiger partial charge >= 0.3 is 7.12 Å². The number of fused-ring (bicyclic) bond motifs is 3. The van der Waals surface area contributed by atoms with Gasteiger partial charge in [-0.15, -0.1) is 0 Å². The first kappa shape index (κ1) is 31.6. The fourth-order valence-electron chi connectivity index (χ4n) is 5.33. The van der Waals surface area contributed by atoms with E-state index >= 15 is 0 Å². The Balaban J connectivity index is 0.000000137. The summed E-state index contributed by atoms with van der Waals surface area (Å²) in [6.45, 7) is 15.2. The molecule has 2 aliphatic rings. The molecular formula is C33H38BBr2N5O2. The van der Waals surface area contributed by atoms with Gasteiger partial charge in [0.15, 0.2) is 0 Å². The van der Waals surface area contributed by atoms with Crippen LogP contribution in [0.2, 0.25) is 0 Å². The van der Waals surface area contributed by atoms with Gasteiger partial charge in [0.05, 0.1) is 40.2 Å². The number of rotatable bonds is 1. The summed E-state index contributed by atoms with van der Waals surface area (Å²) in [6, 6.07) is 18.8. The molecule has 1 saturated heterocycles. The first-order chi connectivity index (χ1) is 20.2. The van der Waals surface area contributed by atoms with Crippen molar-refractivity contribution < 1.29 is 9.31 Å². The maximum absolute atomic E-state index is 6.09. The molecule has 7 nitrogen and oxygen atoms in total. The molecule has 0 atom stereocenters. The molecule has 0 saturated carbocycles. The van der Waals surface area contributed by atoms with E-state index in [0.29, 0.717) is 0 Å². The topological polar surface area (TPSA) is 66.5 Å². The van der Waals surface area contributed by atoms with Crippen molar-refractivity contribution >= 4 is 72.0 Å². The summed E-state index contributed by atoms with van der Waals surface area (Å²) in [5.74, 6) is 0. The van der Waals surface area contributed by atoms with Crippen molar-refractivity contribution in [3.05, 3.63) is 86.1 Å². The lowest BCUT2D eigenvalue weighted by molar-refractivity contribution is 0.00578. The molecule has 0 radical (unpaired) electrons. The summed E-state index contributed by atoms with van der Waals surface area (Å²) in [5, 5.41) is 11.2. The van der Waals surface area contributed by atoms with Crippen molar-refractivity contribution in [1.82, 2.24) is 19.6 Å². The van der Waals surface area contributed by atoms with Crippen LogP contribution < -0.4 is 5.46 Å². The van der Waals surface area contributed by atoms with Gasteiger partial charge in [0.1, 0.15) is 0 Å². The van der Waals surface area contributed by atoms with E-state index in [1.807, 2.05) is 43.4 Å².